The smallest absolute Gasteiger partial charge is 0.265 e. The van der Waals surface area contributed by atoms with Gasteiger partial charge in [0.25, 0.3) is 15.9 Å². The number of fused-ring (bicyclic) bond motifs is 1. The van der Waals surface area contributed by atoms with E-state index in [2.05, 4.69) is 15.0 Å². The molecule has 7 nitrogen and oxygen atoms in total. The van der Waals surface area contributed by atoms with Gasteiger partial charge >= 0.3 is 0 Å². The first-order valence-electron chi connectivity index (χ1n) is 11.0. The van der Waals surface area contributed by atoms with Gasteiger partial charge in [-0.3, -0.25) is 9.52 Å². The maximum atomic E-state index is 13.1. The van der Waals surface area contributed by atoms with Crippen molar-refractivity contribution in [2.45, 2.75) is 24.7 Å². The van der Waals surface area contributed by atoms with Crippen LogP contribution in [0.1, 0.15) is 28.4 Å². The first kappa shape index (κ1) is 23.4. The van der Waals surface area contributed by atoms with E-state index in [4.69, 9.17) is 4.74 Å². The molecule has 1 heterocycles. The normalized spacial score (nSPS) is 11.4. The van der Waals surface area contributed by atoms with E-state index in [0.29, 0.717) is 18.7 Å². The molecular formula is C26H27N3O4S. The molecule has 3 N–H and O–H groups in total. The number of amides is 1. The molecule has 0 saturated carbocycles. The third-order valence-electron chi connectivity index (χ3n) is 5.68. The Balaban J connectivity index is 1.48. The Hall–Kier alpha value is -3.78. The molecule has 0 atom stereocenters. The molecule has 8 heteroatoms. The summed E-state index contributed by atoms with van der Waals surface area (Å²) in [6.45, 7) is 2.44. The van der Waals surface area contributed by atoms with E-state index in [0.717, 1.165) is 28.5 Å². The molecule has 0 saturated heterocycles. The zero-order valence-electron chi connectivity index (χ0n) is 19.1. The van der Waals surface area contributed by atoms with Crippen molar-refractivity contribution < 1.29 is 17.9 Å². The number of anilines is 1. The molecule has 0 aliphatic heterocycles. The van der Waals surface area contributed by atoms with Crippen LogP contribution in [0.25, 0.3) is 10.9 Å². The quantitative estimate of drug-likeness (QED) is 0.330. The minimum absolute atomic E-state index is 0.0983. The van der Waals surface area contributed by atoms with E-state index < -0.39 is 10.0 Å². The summed E-state index contributed by atoms with van der Waals surface area (Å²) < 4.78 is 34.0. The number of carbonyl (C=O) groups excluding carboxylic acids is 1. The van der Waals surface area contributed by atoms with Crippen molar-refractivity contribution in [2.24, 2.45) is 0 Å². The maximum Gasteiger partial charge on any atom is 0.265 e. The first-order valence-corrected chi connectivity index (χ1v) is 12.5. The van der Waals surface area contributed by atoms with Gasteiger partial charge in [0.15, 0.2) is 0 Å². The number of aromatic nitrogens is 1. The zero-order valence-corrected chi connectivity index (χ0v) is 19.9. The zero-order chi connectivity index (χ0) is 24.1. The molecule has 4 rings (SSSR count). The van der Waals surface area contributed by atoms with Crippen LogP contribution >= 0.6 is 0 Å². The number of rotatable bonds is 9. The topological polar surface area (TPSA) is 100 Å². The SMILES string of the molecule is CCc1ccc(NS(=O)(=O)c2cc(C(=O)NCCc3c[nH]c4ccccc34)ccc2OC)cc1. The number of hydrogen-bond acceptors (Lipinski definition) is 4. The van der Waals surface area contributed by atoms with Crippen LogP contribution in [0.2, 0.25) is 0 Å². The van der Waals surface area contributed by atoms with Gasteiger partial charge < -0.3 is 15.0 Å². The Bertz CT molecular complexity index is 1410. The number of sulfonamides is 1. The van der Waals surface area contributed by atoms with E-state index in [1.54, 1.807) is 18.2 Å². The minimum atomic E-state index is -3.97. The van der Waals surface area contributed by atoms with Gasteiger partial charge in [0.1, 0.15) is 10.6 Å². The lowest BCUT2D eigenvalue weighted by atomic mass is 10.1. The molecule has 4 aromatic rings. The highest BCUT2D eigenvalue weighted by atomic mass is 32.2. The van der Waals surface area contributed by atoms with E-state index in [1.165, 1.54) is 19.2 Å². The van der Waals surface area contributed by atoms with Crippen LogP contribution in [0, 0.1) is 0 Å². The van der Waals surface area contributed by atoms with Crippen molar-refractivity contribution in [3.63, 3.8) is 0 Å². The van der Waals surface area contributed by atoms with Gasteiger partial charge in [-0.15, -0.1) is 0 Å². The molecule has 0 spiro atoms. The minimum Gasteiger partial charge on any atom is -0.495 e. The van der Waals surface area contributed by atoms with Crippen molar-refractivity contribution in [2.75, 3.05) is 18.4 Å². The summed E-state index contributed by atoms with van der Waals surface area (Å²) >= 11 is 0. The van der Waals surface area contributed by atoms with Gasteiger partial charge in [-0.1, -0.05) is 37.3 Å². The number of nitrogens with one attached hydrogen (secondary N) is 3. The standard InChI is InChI=1S/C26H27N3O4S/c1-3-18-8-11-21(12-9-18)29-34(31,32)25-16-19(10-13-24(25)33-2)26(30)27-15-14-20-17-28-23-7-5-4-6-22(20)23/h4-13,16-17,28-29H,3,14-15H2,1-2H3,(H,27,30). The Morgan fingerprint density at radius 2 is 1.79 bits per heavy atom. The van der Waals surface area contributed by atoms with Crippen LogP contribution in [-0.4, -0.2) is 33.0 Å². The predicted molar refractivity (Wildman–Crippen MR) is 134 cm³/mol. The Morgan fingerprint density at radius 1 is 1.03 bits per heavy atom. The second-order valence-electron chi connectivity index (χ2n) is 7.89. The van der Waals surface area contributed by atoms with Gasteiger partial charge in [-0.05, 0) is 60.4 Å². The molecule has 0 bridgehead atoms. The molecule has 0 aliphatic rings. The Morgan fingerprint density at radius 3 is 2.53 bits per heavy atom. The van der Waals surface area contributed by atoms with E-state index >= 15 is 0 Å². The first-order chi connectivity index (χ1) is 16.4. The molecule has 0 radical (unpaired) electrons. The van der Waals surface area contributed by atoms with Crippen molar-refractivity contribution in [3.8, 4) is 5.75 Å². The predicted octanol–water partition coefficient (Wildman–Crippen LogP) is 4.51. The number of hydrogen-bond donors (Lipinski definition) is 3. The third kappa shape index (κ3) is 5.07. The molecule has 1 amide bonds. The van der Waals surface area contributed by atoms with Gasteiger partial charge in [0, 0.05) is 34.9 Å². The average Bonchev–Trinajstić information content (AvgIpc) is 3.27. The highest BCUT2D eigenvalue weighted by Crippen LogP contribution is 2.27. The third-order valence-corrected chi connectivity index (χ3v) is 7.09. The lowest BCUT2D eigenvalue weighted by molar-refractivity contribution is 0.0954. The fraction of sp³-hybridized carbons (Fsp3) is 0.192. The van der Waals surface area contributed by atoms with Crippen LogP contribution in [-0.2, 0) is 22.9 Å². The summed E-state index contributed by atoms with van der Waals surface area (Å²) in [4.78, 5) is 15.9. The molecule has 0 unspecified atom stereocenters. The number of methoxy groups -OCH3 is 1. The Kier molecular flexibility index (Phi) is 6.88. The second kappa shape index (κ2) is 10.0. The van der Waals surface area contributed by atoms with Gasteiger partial charge in [0.2, 0.25) is 0 Å². The van der Waals surface area contributed by atoms with Crippen molar-refractivity contribution >= 4 is 32.5 Å². The number of para-hydroxylation sites is 1. The maximum absolute atomic E-state index is 13.1. The van der Waals surface area contributed by atoms with Crippen molar-refractivity contribution in [3.05, 3.63) is 89.6 Å². The summed E-state index contributed by atoms with van der Waals surface area (Å²) in [6, 6.07) is 19.5. The molecule has 3 aromatic carbocycles. The molecule has 1 aromatic heterocycles. The highest BCUT2D eigenvalue weighted by molar-refractivity contribution is 7.92. The average molecular weight is 478 g/mol. The number of ether oxygens (including phenoxy) is 1. The lowest BCUT2D eigenvalue weighted by Gasteiger charge is -2.13. The fourth-order valence-corrected chi connectivity index (χ4v) is 5.05. The number of H-pyrrole nitrogens is 1. The van der Waals surface area contributed by atoms with Crippen molar-refractivity contribution in [1.29, 1.82) is 0 Å². The number of aromatic amines is 1. The highest BCUT2D eigenvalue weighted by Gasteiger charge is 2.22. The van der Waals surface area contributed by atoms with Gasteiger partial charge in [-0.2, -0.15) is 0 Å². The van der Waals surface area contributed by atoms with Crippen LogP contribution in [0.3, 0.4) is 0 Å². The second-order valence-corrected chi connectivity index (χ2v) is 9.54. The summed E-state index contributed by atoms with van der Waals surface area (Å²) in [6.07, 6.45) is 3.44. The molecule has 0 aliphatic carbocycles. The lowest BCUT2D eigenvalue weighted by Crippen LogP contribution is -2.26. The summed E-state index contributed by atoms with van der Waals surface area (Å²) in [7, 11) is -2.58. The Labute approximate surface area is 199 Å². The number of benzene rings is 3. The fourth-order valence-electron chi connectivity index (χ4n) is 3.80. The van der Waals surface area contributed by atoms with E-state index in [-0.39, 0.29) is 22.1 Å². The molecule has 34 heavy (non-hydrogen) atoms. The van der Waals surface area contributed by atoms with E-state index in [1.807, 2.05) is 49.5 Å². The molecule has 0 fully saturated rings. The summed E-state index contributed by atoms with van der Waals surface area (Å²) in [5, 5.41) is 3.99. The number of carbonyl (C=O) groups is 1. The largest absolute Gasteiger partial charge is 0.495 e. The van der Waals surface area contributed by atoms with E-state index in [9.17, 15) is 13.2 Å². The molecular weight excluding hydrogens is 450 g/mol. The van der Waals surface area contributed by atoms with Gasteiger partial charge in [-0.25, -0.2) is 8.42 Å². The van der Waals surface area contributed by atoms with Crippen LogP contribution in [0.4, 0.5) is 5.69 Å². The van der Waals surface area contributed by atoms with Gasteiger partial charge in [0.05, 0.1) is 7.11 Å². The number of aryl methyl sites for hydroxylation is 1. The van der Waals surface area contributed by atoms with Crippen LogP contribution in [0.15, 0.2) is 77.8 Å². The monoisotopic (exact) mass is 477 g/mol. The summed E-state index contributed by atoms with van der Waals surface area (Å²) in [5.41, 5.74) is 3.93. The van der Waals surface area contributed by atoms with Crippen LogP contribution in [0.5, 0.6) is 5.75 Å². The molecule has 176 valence electrons. The van der Waals surface area contributed by atoms with Crippen LogP contribution < -0.4 is 14.8 Å². The van der Waals surface area contributed by atoms with Crippen molar-refractivity contribution in [1.82, 2.24) is 10.3 Å². The summed E-state index contributed by atoms with van der Waals surface area (Å²) in [5.74, 6) is -0.195.